The summed E-state index contributed by atoms with van der Waals surface area (Å²) in [4.78, 5) is 0. The molecule has 2 heteroatoms. The fraction of sp³-hybridized carbons (Fsp3) is 0.667. The Kier molecular flexibility index (Phi) is 1.63. The third kappa shape index (κ3) is 1.05. The van der Waals surface area contributed by atoms with Crippen LogP contribution in [0.25, 0.3) is 0 Å². The number of hydrogen-bond donors (Lipinski definition) is 0. The van der Waals surface area contributed by atoms with Crippen molar-refractivity contribution in [2.45, 2.75) is 23.6 Å². The van der Waals surface area contributed by atoms with Gasteiger partial charge in [0.1, 0.15) is 0 Å². The highest BCUT2D eigenvalue weighted by Gasteiger charge is 2.30. The van der Waals surface area contributed by atoms with Gasteiger partial charge in [-0.3, -0.25) is 0 Å². The van der Waals surface area contributed by atoms with E-state index < -0.39 is 8.07 Å². The smallest absolute Gasteiger partial charge is 0.0710 e. The number of alkyl halides is 1. The Labute approximate surface area is 60.1 Å². The molecule has 0 bridgehead atoms. The van der Waals surface area contributed by atoms with Crippen LogP contribution in [0.5, 0.6) is 0 Å². The molecule has 0 amide bonds. The van der Waals surface area contributed by atoms with Crippen molar-refractivity contribution in [3.05, 3.63) is 12.2 Å². The second-order valence-electron chi connectivity index (χ2n) is 3.02. The Morgan fingerprint density at radius 1 is 1.62 bits per heavy atom. The van der Waals surface area contributed by atoms with Crippen molar-refractivity contribution in [2.75, 3.05) is 0 Å². The molecule has 0 radical (unpaired) electrons. The lowest BCUT2D eigenvalue weighted by Crippen LogP contribution is -2.31. The minimum atomic E-state index is -0.838. The maximum atomic E-state index is 3.63. The molecule has 46 valence electrons. The summed E-state index contributed by atoms with van der Waals surface area (Å²) in [6.45, 7) is 4.82. The first-order chi connectivity index (χ1) is 3.63. The summed E-state index contributed by atoms with van der Waals surface area (Å²) in [7, 11) is -0.838. The summed E-state index contributed by atoms with van der Waals surface area (Å²) in [5.74, 6) is 0. The lowest BCUT2D eigenvalue weighted by molar-refractivity contribution is 1.50. The fourth-order valence-corrected chi connectivity index (χ4v) is 3.27. The first-order valence-corrected chi connectivity index (χ1v) is 7.14. The number of halogens is 1. The number of rotatable bonds is 0. The molecule has 0 aromatic rings. The van der Waals surface area contributed by atoms with E-state index in [4.69, 9.17) is 0 Å². The molecule has 0 fully saturated rings. The number of hydrogen-bond acceptors (Lipinski definition) is 0. The summed E-state index contributed by atoms with van der Waals surface area (Å²) >= 11 is 3.63. The third-order valence-electron chi connectivity index (χ3n) is 1.70. The van der Waals surface area contributed by atoms with Crippen LogP contribution in [0, 0.1) is 0 Å². The van der Waals surface area contributed by atoms with Gasteiger partial charge >= 0.3 is 0 Å². The van der Waals surface area contributed by atoms with E-state index in [-0.39, 0.29) is 0 Å². The van der Waals surface area contributed by atoms with E-state index in [1.54, 1.807) is 0 Å². The summed E-state index contributed by atoms with van der Waals surface area (Å²) in [5.41, 5.74) is 0. The molecule has 1 atom stereocenters. The van der Waals surface area contributed by atoms with Crippen molar-refractivity contribution in [2.24, 2.45) is 0 Å². The molecule has 0 aromatic heterocycles. The van der Waals surface area contributed by atoms with Crippen molar-refractivity contribution >= 4 is 24.0 Å². The molecule has 0 N–H and O–H groups in total. The van der Waals surface area contributed by atoms with Crippen LogP contribution in [0.15, 0.2) is 12.2 Å². The van der Waals surface area contributed by atoms with Crippen LogP contribution in [0.3, 0.4) is 0 Å². The van der Waals surface area contributed by atoms with E-state index in [0.717, 1.165) is 4.45 Å². The van der Waals surface area contributed by atoms with E-state index in [9.17, 15) is 0 Å². The Morgan fingerprint density at radius 2 is 2.25 bits per heavy atom. The van der Waals surface area contributed by atoms with Crippen molar-refractivity contribution in [1.82, 2.24) is 0 Å². The Balaban J connectivity index is 2.64. The molecule has 0 aliphatic carbocycles. The largest absolute Gasteiger partial charge is 0.0903 e. The first-order valence-electron chi connectivity index (χ1n) is 2.94. The molecule has 1 heterocycles. The molecule has 0 aromatic carbocycles. The van der Waals surface area contributed by atoms with E-state index in [0.29, 0.717) is 0 Å². The molecule has 0 saturated carbocycles. The van der Waals surface area contributed by atoms with Gasteiger partial charge < -0.3 is 0 Å². The van der Waals surface area contributed by atoms with Crippen LogP contribution in [0.2, 0.25) is 19.1 Å². The Morgan fingerprint density at radius 3 is 2.38 bits per heavy atom. The van der Waals surface area contributed by atoms with E-state index in [2.05, 4.69) is 41.2 Å². The second kappa shape index (κ2) is 1.99. The molecule has 1 unspecified atom stereocenters. The van der Waals surface area contributed by atoms with Crippen LogP contribution in [0.1, 0.15) is 0 Å². The highest BCUT2D eigenvalue weighted by Crippen LogP contribution is 2.27. The first kappa shape index (κ1) is 6.56. The summed E-state index contributed by atoms with van der Waals surface area (Å²) in [6.07, 6.45) is 4.58. The second-order valence-corrected chi connectivity index (χ2v) is 9.86. The minimum absolute atomic E-state index is 0.731. The molecular formula is C6H11BrSi. The van der Waals surface area contributed by atoms with Gasteiger partial charge in [0.2, 0.25) is 0 Å². The molecule has 1 rings (SSSR count). The summed E-state index contributed by atoms with van der Waals surface area (Å²) in [5, 5.41) is 0. The van der Waals surface area contributed by atoms with Crippen LogP contribution in [0.4, 0.5) is 0 Å². The van der Waals surface area contributed by atoms with Crippen molar-refractivity contribution in [3.63, 3.8) is 0 Å². The monoisotopic (exact) mass is 190 g/mol. The minimum Gasteiger partial charge on any atom is -0.0903 e. The summed E-state index contributed by atoms with van der Waals surface area (Å²) < 4.78 is 0.731. The standard InChI is InChI=1S/C6H11BrSi/c1-8(2)5-3-4-6(8)7/h3-4,6H,5H2,1-2H3. The highest BCUT2D eigenvalue weighted by atomic mass is 79.9. The van der Waals surface area contributed by atoms with E-state index >= 15 is 0 Å². The Bertz CT molecular complexity index is 118. The quantitative estimate of drug-likeness (QED) is 0.313. The third-order valence-corrected chi connectivity index (χ3v) is 8.69. The lowest BCUT2D eigenvalue weighted by Gasteiger charge is -2.18. The van der Waals surface area contributed by atoms with Gasteiger partial charge in [-0.2, -0.15) is 0 Å². The molecule has 1 aliphatic heterocycles. The summed E-state index contributed by atoms with van der Waals surface area (Å²) in [6, 6.07) is 1.35. The van der Waals surface area contributed by atoms with Gasteiger partial charge in [-0.1, -0.05) is 41.2 Å². The SMILES string of the molecule is C[Si]1(C)CC=CC1Br. The van der Waals surface area contributed by atoms with Gasteiger partial charge in [0.15, 0.2) is 0 Å². The van der Waals surface area contributed by atoms with E-state index in [1.807, 2.05) is 0 Å². The van der Waals surface area contributed by atoms with Gasteiger partial charge in [0.05, 0.1) is 8.07 Å². The van der Waals surface area contributed by atoms with Gasteiger partial charge in [-0.15, -0.1) is 0 Å². The predicted octanol–water partition coefficient (Wildman–Crippen LogP) is 2.57. The fourth-order valence-electron chi connectivity index (χ4n) is 0.864. The molecule has 0 nitrogen and oxygen atoms in total. The zero-order chi connectivity index (χ0) is 6.20. The van der Waals surface area contributed by atoms with Crippen molar-refractivity contribution in [3.8, 4) is 0 Å². The zero-order valence-electron chi connectivity index (χ0n) is 5.32. The lowest BCUT2D eigenvalue weighted by atomic mass is 10.6. The normalized spacial score (nSPS) is 33.6. The van der Waals surface area contributed by atoms with E-state index in [1.165, 1.54) is 6.04 Å². The molecule has 0 spiro atoms. The topological polar surface area (TPSA) is 0 Å². The maximum Gasteiger partial charge on any atom is 0.0710 e. The van der Waals surface area contributed by atoms with Gasteiger partial charge in [-0.25, -0.2) is 0 Å². The Hall–Kier alpha value is 0.437. The average molecular weight is 191 g/mol. The molecule has 0 saturated heterocycles. The van der Waals surface area contributed by atoms with Gasteiger partial charge in [0.25, 0.3) is 0 Å². The van der Waals surface area contributed by atoms with Crippen LogP contribution in [-0.2, 0) is 0 Å². The average Bonchev–Trinajstić information content (AvgIpc) is 1.86. The molecule has 8 heavy (non-hydrogen) atoms. The van der Waals surface area contributed by atoms with Crippen LogP contribution < -0.4 is 0 Å². The van der Waals surface area contributed by atoms with Gasteiger partial charge in [-0.05, 0) is 6.04 Å². The van der Waals surface area contributed by atoms with Crippen molar-refractivity contribution < 1.29 is 0 Å². The number of allylic oxidation sites excluding steroid dienone is 2. The van der Waals surface area contributed by atoms with Crippen LogP contribution in [-0.4, -0.2) is 12.5 Å². The molecular weight excluding hydrogens is 180 g/mol. The maximum absolute atomic E-state index is 3.63. The molecule has 1 aliphatic rings. The predicted molar refractivity (Wildman–Crippen MR) is 44.1 cm³/mol. The highest BCUT2D eigenvalue weighted by molar-refractivity contribution is 9.10. The van der Waals surface area contributed by atoms with Gasteiger partial charge in [0, 0.05) is 4.45 Å². The van der Waals surface area contributed by atoms with Crippen molar-refractivity contribution in [1.29, 1.82) is 0 Å². The zero-order valence-corrected chi connectivity index (χ0v) is 7.90. The van der Waals surface area contributed by atoms with Crippen LogP contribution >= 0.6 is 15.9 Å².